The van der Waals surface area contributed by atoms with Crippen LogP contribution in [0, 0.1) is 29.1 Å². The molecule has 4 aliphatic carbocycles. The molecule has 3 unspecified atom stereocenters. The number of carbonyl (C=O) groups is 1. The molecule has 4 fully saturated rings. The molecule has 0 spiro atoms. The van der Waals surface area contributed by atoms with Crippen LogP contribution in [0.25, 0.3) is 0 Å². The molecule has 4 aliphatic rings. The van der Waals surface area contributed by atoms with Crippen LogP contribution in [0.5, 0.6) is 0 Å². The van der Waals surface area contributed by atoms with Gasteiger partial charge in [0.25, 0.3) is 0 Å². The minimum absolute atomic E-state index is 0.303. The lowest BCUT2D eigenvalue weighted by molar-refractivity contribution is -0.169. The molecule has 4 saturated carbocycles. The molecule has 0 aromatic rings. The highest BCUT2D eigenvalue weighted by Gasteiger charge is 2.57. The minimum Gasteiger partial charge on any atom is -0.481 e. The Balaban J connectivity index is 1.96. The van der Waals surface area contributed by atoms with Crippen molar-refractivity contribution in [1.82, 2.24) is 0 Å². The number of carboxylic acid groups (broad SMARTS) is 1. The van der Waals surface area contributed by atoms with Crippen LogP contribution in [0.4, 0.5) is 0 Å². The molecule has 2 heteroatoms. The Hall–Kier alpha value is -0.530. The van der Waals surface area contributed by atoms with Crippen molar-refractivity contribution in [3.63, 3.8) is 0 Å². The van der Waals surface area contributed by atoms with Crippen molar-refractivity contribution < 1.29 is 9.90 Å². The number of hydrogen-bond donors (Lipinski definition) is 1. The fraction of sp³-hybridized carbons (Fsp3) is 0.917. The molecule has 0 saturated heterocycles. The first-order valence-electron chi connectivity index (χ1n) is 5.84. The Morgan fingerprint density at radius 1 is 1.21 bits per heavy atom. The third kappa shape index (κ3) is 0.945. The van der Waals surface area contributed by atoms with E-state index in [-0.39, 0.29) is 5.41 Å². The summed E-state index contributed by atoms with van der Waals surface area (Å²) in [5.41, 5.74) is -0.303. The molecule has 2 nitrogen and oxygen atoms in total. The molecular formula is C12H18O2. The number of carboxylic acids is 1. The van der Waals surface area contributed by atoms with Crippen molar-refractivity contribution in [2.24, 2.45) is 29.1 Å². The summed E-state index contributed by atoms with van der Waals surface area (Å²) in [6.07, 6.45) is 5.54. The molecule has 0 aromatic carbocycles. The summed E-state index contributed by atoms with van der Waals surface area (Å²) in [6, 6.07) is 0. The first-order chi connectivity index (χ1) is 6.61. The van der Waals surface area contributed by atoms with Crippen molar-refractivity contribution >= 4 is 5.97 Å². The van der Waals surface area contributed by atoms with E-state index in [0.29, 0.717) is 0 Å². The zero-order valence-electron chi connectivity index (χ0n) is 8.70. The van der Waals surface area contributed by atoms with E-state index >= 15 is 0 Å². The smallest absolute Gasteiger partial charge is 0.309 e. The number of aliphatic carboxylic acids is 1. The highest BCUT2D eigenvalue weighted by molar-refractivity contribution is 5.75. The van der Waals surface area contributed by atoms with Gasteiger partial charge >= 0.3 is 5.97 Å². The summed E-state index contributed by atoms with van der Waals surface area (Å²) in [7, 11) is 0. The highest BCUT2D eigenvalue weighted by Crippen LogP contribution is 2.62. The second-order valence-electron chi connectivity index (χ2n) is 5.91. The molecule has 14 heavy (non-hydrogen) atoms. The number of rotatable bonds is 1. The topological polar surface area (TPSA) is 37.3 Å². The van der Waals surface area contributed by atoms with Gasteiger partial charge in [-0.25, -0.2) is 0 Å². The van der Waals surface area contributed by atoms with Crippen LogP contribution < -0.4 is 0 Å². The van der Waals surface area contributed by atoms with Crippen LogP contribution in [-0.2, 0) is 4.79 Å². The first kappa shape index (κ1) is 8.75. The Bertz CT molecular complexity index is 268. The fourth-order valence-electron chi connectivity index (χ4n) is 4.54. The molecular weight excluding hydrogens is 176 g/mol. The lowest BCUT2D eigenvalue weighted by Crippen LogP contribution is -2.53. The Kier molecular flexibility index (Phi) is 1.58. The summed E-state index contributed by atoms with van der Waals surface area (Å²) < 4.78 is 0. The second-order valence-corrected chi connectivity index (χ2v) is 5.91. The average molecular weight is 194 g/mol. The Morgan fingerprint density at radius 3 is 2.29 bits per heavy atom. The second kappa shape index (κ2) is 2.53. The summed E-state index contributed by atoms with van der Waals surface area (Å²) in [6.45, 7) is 2.34. The molecule has 4 rings (SSSR count). The van der Waals surface area contributed by atoms with Gasteiger partial charge in [0.05, 0.1) is 5.41 Å². The summed E-state index contributed by atoms with van der Waals surface area (Å²) in [5.74, 6) is 2.46. The molecule has 0 heterocycles. The molecule has 5 atom stereocenters. The largest absolute Gasteiger partial charge is 0.481 e. The van der Waals surface area contributed by atoms with E-state index in [2.05, 4.69) is 6.92 Å². The van der Waals surface area contributed by atoms with Crippen molar-refractivity contribution in [3.8, 4) is 0 Å². The maximum Gasteiger partial charge on any atom is 0.309 e. The Labute approximate surface area is 84.7 Å². The van der Waals surface area contributed by atoms with E-state index in [1.165, 1.54) is 12.8 Å². The lowest BCUT2D eigenvalue weighted by Gasteiger charge is -2.57. The van der Waals surface area contributed by atoms with Crippen LogP contribution in [0.2, 0.25) is 0 Å². The van der Waals surface area contributed by atoms with Crippen LogP contribution in [-0.4, -0.2) is 11.1 Å². The maximum atomic E-state index is 11.4. The van der Waals surface area contributed by atoms with E-state index < -0.39 is 5.97 Å². The van der Waals surface area contributed by atoms with E-state index in [1.807, 2.05) is 0 Å². The number of hydrogen-bond acceptors (Lipinski definition) is 1. The van der Waals surface area contributed by atoms with Gasteiger partial charge in [0.2, 0.25) is 0 Å². The van der Waals surface area contributed by atoms with Gasteiger partial charge in [0.1, 0.15) is 0 Å². The van der Waals surface area contributed by atoms with Crippen molar-refractivity contribution in [2.45, 2.75) is 39.0 Å². The quantitative estimate of drug-likeness (QED) is 0.696. The standard InChI is InChI=1S/C12H18O2/c1-7-9-2-8-3-10(7)6-12(4-8,5-9)11(13)14/h7-10H,2-6H2,1H3,(H,13,14)/t7?,8?,9-,10+,12?. The van der Waals surface area contributed by atoms with E-state index in [4.69, 9.17) is 0 Å². The van der Waals surface area contributed by atoms with Gasteiger partial charge in [-0.1, -0.05) is 6.92 Å². The van der Waals surface area contributed by atoms with Gasteiger partial charge in [-0.05, 0) is 55.8 Å². The van der Waals surface area contributed by atoms with Crippen molar-refractivity contribution in [1.29, 1.82) is 0 Å². The lowest BCUT2D eigenvalue weighted by atomic mass is 9.46. The summed E-state index contributed by atoms with van der Waals surface area (Å²) in [4.78, 5) is 11.4. The van der Waals surface area contributed by atoms with E-state index in [0.717, 1.165) is 42.9 Å². The molecule has 0 aromatic heterocycles. The molecule has 4 bridgehead atoms. The van der Waals surface area contributed by atoms with Gasteiger partial charge in [0.15, 0.2) is 0 Å². The zero-order valence-corrected chi connectivity index (χ0v) is 8.70. The fourth-order valence-corrected chi connectivity index (χ4v) is 4.54. The predicted molar refractivity (Wildman–Crippen MR) is 52.8 cm³/mol. The minimum atomic E-state index is -0.510. The van der Waals surface area contributed by atoms with Gasteiger partial charge in [-0.3, -0.25) is 4.79 Å². The molecule has 78 valence electrons. The summed E-state index contributed by atoms with van der Waals surface area (Å²) in [5, 5.41) is 9.37. The maximum absolute atomic E-state index is 11.4. The van der Waals surface area contributed by atoms with E-state index in [9.17, 15) is 9.90 Å². The third-order valence-corrected chi connectivity index (χ3v) is 5.20. The molecule has 1 N–H and O–H groups in total. The average Bonchev–Trinajstić information content (AvgIpc) is 2.12. The monoisotopic (exact) mass is 194 g/mol. The molecule has 0 aliphatic heterocycles. The van der Waals surface area contributed by atoms with Crippen LogP contribution in [0.3, 0.4) is 0 Å². The van der Waals surface area contributed by atoms with Gasteiger partial charge < -0.3 is 5.11 Å². The SMILES string of the molecule is CC1[C@@H]2CC3C[C@H]1CC(C(=O)O)(C3)C2. The Morgan fingerprint density at radius 2 is 1.79 bits per heavy atom. The summed E-state index contributed by atoms with van der Waals surface area (Å²) >= 11 is 0. The van der Waals surface area contributed by atoms with Gasteiger partial charge in [-0.2, -0.15) is 0 Å². The normalized spacial score (nSPS) is 54.9. The van der Waals surface area contributed by atoms with Gasteiger partial charge in [-0.15, -0.1) is 0 Å². The van der Waals surface area contributed by atoms with Crippen LogP contribution in [0.15, 0.2) is 0 Å². The zero-order chi connectivity index (χ0) is 9.92. The first-order valence-corrected chi connectivity index (χ1v) is 5.84. The van der Waals surface area contributed by atoms with Crippen molar-refractivity contribution in [2.75, 3.05) is 0 Å². The molecule has 0 radical (unpaired) electrons. The molecule has 0 amide bonds. The highest BCUT2D eigenvalue weighted by atomic mass is 16.4. The van der Waals surface area contributed by atoms with Crippen molar-refractivity contribution in [3.05, 3.63) is 0 Å². The van der Waals surface area contributed by atoms with Crippen LogP contribution in [0.1, 0.15) is 39.0 Å². The third-order valence-electron chi connectivity index (χ3n) is 5.20. The predicted octanol–water partition coefficient (Wildman–Crippen LogP) is 2.53. The van der Waals surface area contributed by atoms with E-state index in [1.54, 1.807) is 0 Å². The van der Waals surface area contributed by atoms with Gasteiger partial charge in [0, 0.05) is 0 Å². The van der Waals surface area contributed by atoms with Crippen LogP contribution >= 0.6 is 0 Å².